The van der Waals surface area contributed by atoms with E-state index < -0.39 is 18.8 Å². The van der Waals surface area contributed by atoms with Crippen molar-refractivity contribution >= 4 is 0 Å². The molecule has 2 nitrogen and oxygen atoms in total. The molecule has 0 unspecified atom stereocenters. The molecule has 0 fully saturated rings. The first-order valence-corrected chi connectivity index (χ1v) is 4.53. The van der Waals surface area contributed by atoms with Crippen LogP contribution in [0.1, 0.15) is 12.5 Å². The number of ether oxygens (including phenoxy) is 2. The van der Waals surface area contributed by atoms with Gasteiger partial charge in [0.1, 0.15) is 6.67 Å². The summed E-state index contributed by atoms with van der Waals surface area (Å²) in [5.41, 5.74) is 0.0997. The van der Waals surface area contributed by atoms with Gasteiger partial charge < -0.3 is 9.47 Å². The van der Waals surface area contributed by atoms with Crippen molar-refractivity contribution in [2.45, 2.75) is 20.0 Å². The molecule has 1 aromatic rings. The third-order valence-electron chi connectivity index (χ3n) is 1.69. The smallest absolute Gasteiger partial charge is 0.490 e. The van der Waals surface area contributed by atoms with E-state index in [1.165, 1.54) is 12.1 Å². The summed E-state index contributed by atoms with van der Waals surface area (Å²) in [6.07, 6.45) is -4.82. The largest absolute Gasteiger partial charge is 0.573 e. The molecule has 0 amide bonds. The van der Waals surface area contributed by atoms with Crippen LogP contribution in [0.3, 0.4) is 0 Å². The Kier molecular flexibility index (Phi) is 3.98. The molecule has 0 aromatic heterocycles. The molecule has 0 saturated heterocycles. The van der Waals surface area contributed by atoms with Gasteiger partial charge >= 0.3 is 6.36 Å². The van der Waals surface area contributed by atoms with Crippen LogP contribution in [0.5, 0.6) is 11.5 Å². The maximum absolute atomic E-state index is 12.3. The van der Waals surface area contributed by atoms with Gasteiger partial charge in [-0.1, -0.05) is 6.07 Å². The lowest BCUT2D eigenvalue weighted by Crippen LogP contribution is -2.18. The first-order chi connectivity index (χ1) is 7.46. The number of halogens is 4. The van der Waals surface area contributed by atoms with Crippen molar-refractivity contribution in [1.82, 2.24) is 0 Å². The van der Waals surface area contributed by atoms with Gasteiger partial charge in [0, 0.05) is 0 Å². The maximum Gasteiger partial charge on any atom is 0.573 e. The van der Waals surface area contributed by atoms with Gasteiger partial charge in [0.25, 0.3) is 0 Å². The Morgan fingerprint density at radius 1 is 1.19 bits per heavy atom. The molecule has 16 heavy (non-hydrogen) atoms. The van der Waals surface area contributed by atoms with Gasteiger partial charge in [0.2, 0.25) is 0 Å². The van der Waals surface area contributed by atoms with Crippen molar-refractivity contribution in [2.75, 3.05) is 6.61 Å². The monoisotopic (exact) mass is 238 g/mol. The zero-order valence-corrected chi connectivity index (χ0v) is 8.47. The van der Waals surface area contributed by atoms with Gasteiger partial charge in [-0.3, -0.25) is 0 Å². The lowest BCUT2D eigenvalue weighted by atomic mass is 10.2. The average molecular weight is 238 g/mol. The molecule has 6 heteroatoms. The van der Waals surface area contributed by atoms with E-state index >= 15 is 0 Å². The first kappa shape index (κ1) is 12.6. The van der Waals surface area contributed by atoms with Gasteiger partial charge in [0.15, 0.2) is 11.5 Å². The molecule has 1 rings (SSSR count). The minimum atomic E-state index is -4.82. The molecule has 0 bridgehead atoms. The van der Waals surface area contributed by atoms with Gasteiger partial charge in [-0.15, -0.1) is 13.2 Å². The Balaban J connectivity index is 3.00. The molecule has 0 aliphatic carbocycles. The average Bonchev–Trinajstić information content (AvgIpc) is 2.18. The molecule has 1 aromatic carbocycles. The highest BCUT2D eigenvalue weighted by Gasteiger charge is 2.32. The SMILES string of the molecule is CCOc1ccc(CF)cc1OC(F)(F)F. The summed E-state index contributed by atoms with van der Waals surface area (Å²) in [6.45, 7) is 0.963. The quantitative estimate of drug-likeness (QED) is 0.748. The summed E-state index contributed by atoms with van der Waals surface area (Å²) in [5, 5.41) is 0. The highest BCUT2D eigenvalue weighted by molar-refractivity contribution is 5.43. The Hall–Kier alpha value is -1.46. The minimum absolute atomic E-state index is 0.0583. The van der Waals surface area contributed by atoms with E-state index in [4.69, 9.17) is 4.74 Å². The van der Waals surface area contributed by atoms with Crippen LogP contribution in [0, 0.1) is 0 Å². The zero-order valence-electron chi connectivity index (χ0n) is 8.47. The van der Waals surface area contributed by atoms with E-state index in [2.05, 4.69) is 4.74 Å². The van der Waals surface area contributed by atoms with Gasteiger partial charge in [-0.25, -0.2) is 4.39 Å². The topological polar surface area (TPSA) is 18.5 Å². The van der Waals surface area contributed by atoms with Crippen LogP contribution in [-0.4, -0.2) is 13.0 Å². The van der Waals surface area contributed by atoms with E-state index in [-0.39, 0.29) is 17.9 Å². The van der Waals surface area contributed by atoms with Crippen molar-refractivity contribution in [2.24, 2.45) is 0 Å². The molecular weight excluding hydrogens is 228 g/mol. The van der Waals surface area contributed by atoms with Crippen molar-refractivity contribution in [3.05, 3.63) is 23.8 Å². The van der Waals surface area contributed by atoms with Gasteiger partial charge in [-0.05, 0) is 24.6 Å². The highest BCUT2D eigenvalue weighted by Crippen LogP contribution is 2.33. The molecule has 0 heterocycles. The Morgan fingerprint density at radius 2 is 1.88 bits per heavy atom. The Morgan fingerprint density at radius 3 is 2.38 bits per heavy atom. The van der Waals surface area contributed by atoms with E-state index in [0.717, 1.165) is 6.07 Å². The second-order valence-corrected chi connectivity index (χ2v) is 2.90. The molecule has 0 aliphatic heterocycles. The summed E-state index contributed by atoms with van der Waals surface area (Å²) in [6, 6.07) is 3.56. The standard InChI is InChI=1S/C10H10F4O2/c1-2-15-8-4-3-7(6-11)5-9(8)16-10(12,13)14/h3-5H,2,6H2,1H3. The summed E-state index contributed by atoms with van der Waals surface area (Å²) < 4.78 is 57.0. The third kappa shape index (κ3) is 3.60. The van der Waals surface area contributed by atoms with Crippen molar-refractivity contribution in [1.29, 1.82) is 0 Å². The number of rotatable bonds is 4. The predicted molar refractivity (Wildman–Crippen MR) is 49.1 cm³/mol. The fourth-order valence-electron chi connectivity index (χ4n) is 1.11. The predicted octanol–water partition coefficient (Wildman–Crippen LogP) is 3.45. The number of benzene rings is 1. The van der Waals surface area contributed by atoms with E-state index in [9.17, 15) is 17.6 Å². The van der Waals surface area contributed by atoms with Crippen molar-refractivity contribution in [3.8, 4) is 11.5 Å². The lowest BCUT2D eigenvalue weighted by molar-refractivity contribution is -0.275. The number of hydrogen-bond acceptors (Lipinski definition) is 2. The second-order valence-electron chi connectivity index (χ2n) is 2.90. The molecule has 90 valence electrons. The van der Waals surface area contributed by atoms with Crippen LogP contribution >= 0.6 is 0 Å². The van der Waals surface area contributed by atoms with Crippen LogP contribution in [0.4, 0.5) is 17.6 Å². The molecule has 0 atom stereocenters. The second kappa shape index (κ2) is 5.05. The van der Waals surface area contributed by atoms with Crippen LogP contribution < -0.4 is 9.47 Å². The summed E-state index contributed by atoms with van der Waals surface area (Å²) >= 11 is 0. The van der Waals surface area contributed by atoms with Gasteiger partial charge in [0.05, 0.1) is 6.61 Å². The van der Waals surface area contributed by atoms with Crippen molar-refractivity contribution in [3.63, 3.8) is 0 Å². The first-order valence-electron chi connectivity index (χ1n) is 4.53. The molecule has 0 radical (unpaired) electrons. The fraction of sp³-hybridized carbons (Fsp3) is 0.400. The fourth-order valence-corrected chi connectivity index (χ4v) is 1.11. The minimum Gasteiger partial charge on any atom is -0.490 e. The summed E-state index contributed by atoms with van der Waals surface area (Å²) in [4.78, 5) is 0. The lowest BCUT2D eigenvalue weighted by Gasteiger charge is -2.13. The summed E-state index contributed by atoms with van der Waals surface area (Å²) in [5.74, 6) is -0.582. The van der Waals surface area contributed by atoms with Crippen LogP contribution in [0.15, 0.2) is 18.2 Å². The normalized spacial score (nSPS) is 11.3. The van der Waals surface area contributed by atoms with Crippen LogP contribution in [-0.2, 0) is 6.67 Å². The number of alkyl halides is 4. The number of hydrogen-bond donors (Lipinski definition) is 0. The molecule has 0 spiro atoms. The van der Waals surface area contributed by atoms with E-state index in [1.807, 2.05) is 0 Å². The zero-order chi connectivity index (χ0) is 12.2. The highest BCUT2D eigenvalue weighted by atomic mass is 19.4. The maximum atomic E-state index is 12.3. The molecule has 0 aliphatic rings. The Bertz CT molecular complexity index is 349. The molecular formula is C10H10F4O2. The molecule has 0 saturated carbocycles. The summed E-state index contributed by atoms with van der Waals surface area (Å²) in [7, 11) is 0. The third-order valence-corrected chi connectivity index (χ3v) is 1.69. The van der Waals surface area contributed by atoms with E-state index in [0.29, 0.717) is 0 Å². The van der Waals surface area contributed by atoms with Crippen LogP contribution in [0.2, 0.25) is 0 Å². The van der Waals surface area contributed by atoms with Gasteiger partial charge in [-0.2, -0.15) is 0 Å². The van der Waals surface area contributed by atoms with Crippen molar-refractivity contribution < 1.29 is 27.0 Å². The van der Waals surface area contributed by atoms with E-state index in [1.54, 1.807) is 6.92 Å². The molecule has 0 N–H and O–H groups in total. The Labute approximate surface area is 89.8 Å². The van der Waals surface area contributed by atoms with Crippen LogP contribution in [0.25, 0.3) is 0 Å².